The van der Waals surface area contributed by atoms with E-state index in [4.69, 9.17) is 9.47 Å². The van der Waals surface area contributed by atoms with Crippen molar-refractivity contribution in [2.75, 3.05) is 25.5 Å². The Morgan fingerprint density at radius 3 is 2.75 bits per heavy atom. The van der Waals surface area contributed by atoms with Gasteiger partial charge in [-0.25, -0.2) is 0 Å². The van der Waals surface area contributed by atoms with Crippen molar-refractivity contribution in [3.05, 3.63) is 23.8 Å². The van der Waals surface area contributed by atoms with E-state index in [0.717, 1.165) is 41.0 Å². The van der Waals surface area contributed by atoms with Gasteiger partial charge in [-0.05, 0) is 37.0 Å². The Bertz CT molecular complexity index is 543. The largest absolute Gasteiger partial charge is 0.486 e. The molecule has 1 fully saturated rings. The summed E-state index contributed by atoms with van der Waals surface area (Å²) in [6, 6.07) is 5.93. The summed E-state index contributed by atoms with van der Waals surface area (Å²) >= 11 is 2.02. The van der Waals surface area contributed by atoms with E-state index in [-0.39, 0.29) is 5.91 Å². The van der Waals surface area contributed by atoms with Crippen LogP contribution in [0.25, 0.3) is 0 Å². The van der Waals surface area contributed by atoms with Crippen molar-refractivity contribution >= 4 is 17.7 Å². The average molecular weight is 349 g/mol. The van der Waals surface area contributed by atoms with Crippen LogP contribution in [-0.2, 0) is 11.2 Å². The summed E-state index contributed by atoms with van der Waals surface area (Å²) < 4.78 is 11.1. The van der Waals surface area contributed by atoms with E-state index < -0.39 is 0 Å². The van der Waals surface area contributed by atoms with E-state index in [9.17, 15) is 4.79 Å². The van der Waals surface area contributed by atoms with Crippen molar-refractivity contribution in [1.29, 1.82) is 0 Å². The molecule has 132 valence electrons. The molecule has 5 heteroatoms. The molecule has 4 nitrogen and oxygen atoms in total. The van der Waals surface area contributed by atoms with Gasteiger partial charge in [-0.1, -0.05) is 25.3 Å². The second-order valence-corrected chi connectivity index (χ2v) is 7.87. The lowest BCUT2D eigenvalue weighted by Crippen LogP contribution is -2.26. The topological polar surface area (TPSA) is 47.6 Å². The van der Waals surface area contributed by atoms with E-state index in [1.54, 1.807) is 0 Å². The fourth-order valence-electron chi connectivity index (χ4n) is 3.24. The highest BCUT2D eigenvalue weighted by molar-refractivity contribution is 7.99. The number of carbonyl (C=O) groups excluding carboxylic acids is 1. The number of fused-ring (bicyclic) bond motifs is 1. The maximum Gasteiger partial charge on any atom is 0.220 e. The smallest absolute Gasteiger partial charge is 0.220 e. The number of hydrogen-bond donors (Lipinski definition) is 1. The number of ether oxygens (including phenoxy) is 2. The van der Waals surface area contributed by atoms with Crippen LogP contribution in [-0.4, -0.2) is 36.7 Å². The highest BCUT2D eigenvalue weighted by Gasteiger charge is 2.14. The molecule has 1 aliphatic heterocycles. The molecule has 1 N–H and O–H groups in total. The van der Waals surface area contributed by atoms with Crippen molar-refractivity contribution in [3.8, 4) is 11.5 Å². The predicted octanol–water partition coefficient (Wildman–Crippen LogP) is 3.57. The van der Waals surface area contributed by atoms with Crippen LogP contribution in [0.3, 0.4) is 0 Å². The van der Waals surface area contributed by atoms with Crippen LogP contribution in [0.4, 0.5) is 0 Å². The lowest BCUT2D eigenvalue weighted by molar-refractivity contribution is -0.120. The average Bonchev–Trinajstić information content (AvgIpc) is 2.64. The van der Waals surface area contributed by atoms with E-state index in [1.165, 1.54) is 32.1 Å². The predicted molar refractivity (Wildman–Crippen MR) is 98.1 cm³/mol. The Morgan fingerprint density at radius 2 is 1.92 bits per heavy atom. The third-order valence-corrected chi connectivity index (χ3v) is 5.96. The van der Waals surface area contributed by atoms with Gasteiger partial charge in [0.1, 0.15) is 13.2 Å². The Hall–Kier alpha value is -1.36. The first kappa shape index (κ1) is 17.5. The van der Waals surface area contributed by atoms with Crippen molar-refractivity contribution in [3.63, 3.8) is 0 Å². The molecule has 0 atom stereocenters. The zero-order valence-corrected chi connectivity index (χ0v) is 15.0. The summed E-state index contributed by atoms with van der Waals surface area (Å²) in [5, 5.41) is 3.85. The van der Waals surface area contributed by atoms with Crippen molar-refractivity contribution in [2.24, 2.45) is 0 Å². The molecule has 1 aromatic rings. The van der Waals surface area contributed by atoms with Crippen molar-refractivity contribution in [1.82, 2.24) is 5.32 Å². The summed E-state index contributed by atoms with van der Waals surface area (Å²) in [4.78, 5) is 12.0. The van der Waals surface area contributed by atoms with Gasteiger partial charge in [-0.2, -0.15) is 11.8 Å². The van der Waals surface area contributed by atoms with E-state index >= 15 is 0 Å². The highest BCUT2D eigenvalue weighted by Crippen LogP contribution is 2.31. The first-order valence-corrected chi connectivity index (χ1v) is 10.1. The minimum atomic E-state index is 0.133. The standard InChI is InChI=1S/C19H27NO3S/c21-19(20-10-13-24-16-4-2-1-3-5-16)9-7-15-6-8-17-18(14-15)23-12-11-22-17/h6,8,14,16H,1-5,7,9-13H2,(H,20,21). The quantitative estimate of drug-likeness (QED) is 0.765. The summed E-state index contributed by atoms with van der Waals surface area (Å²) in [5.74, 6) is 2.76. The summed E-state index contributed by atoms with van der Waals surface area (Å²) in [6.07, 6.45) is 8.10. The molecule has 3 rings (SSSR count). The van der Waals surface area contributed by atoms with Crippen LogP contribution in [0, 0.1) is 0 Å². The number of rotatable bonds is 7. The SMILES string of the molecule is O=C(CCc1ccc2c(c1)OCCO2)NCCSC1CCCCC1. The van der Waals surface area contributed by atoms with Crippen molar-refractivity contribution < 1.29 is 14.3 Å². The van der Waals surface area contributed by atoms with Gasteiger partial charge in [0.2, 0.25) is 5.91 Å². The van der Waals surface area contributed by atoms with Crippen LogP contribution >= 0.6 is 11.8 Å². The summed E-state index contributed by atoms with van der Waals surface area (Å²) in [7, 11) is 0. The molecule has 0 saturated heterocycles. The number of aryl methyl sites for hydroxylation is 1. The monoisotopic (exact) mass is 349 g/mol. The third-order valence-electron chi connectivity index (χ3n) is 4.58. The van der Waals surface area contributed by atoms with Crippen molar-refractivity contribution in [2.45, 2.75) is 50.2 Å². The third kappa shape index (κ3) is 5.33. The minimum Gasteiger partial charge on any atom is -0.486 e. The van der Waals surface area contributed by atoms with Crippen LogP contribution in [0.2, 0.25) is 0 Å². The van der Waals surface area contributed by atoms with Crippen LogP contribution in [0.5, 0.6) is 11.5 Å². The van der Waals surface area contributed by atoms with Gasteiger partial charge in [0.25, 0.3) is 0 Å². The maximum absolute atomic E-state index is 12.0. The fourth-order valence-corrected chi connectivity index (χ4v) is 4.46. The van der Waals surface area contributed by atoms with Crippen LogP contribution in [0.15, 0.2) is 18.2 Å². The molecule has 1 saturated carbocycles. The van der Waals surface area contributed by atoms with Crippen LogP contribution in [0.1, 0.15) is 44.1 Å². The molecular formula is C19H27NO3S. The molecule has 1 aromatic carbocycles. The zero-order valence-electron chi connectivity index (χ0n) is 14.2. The van der Waals surface area contributed by atoms with Gasteiger partial charge in [0.15, 0.2) is 11.5 Å². The minimum absolute atomic E-state index is 0.133. The first-order valence-electron chi connectivity index (χ1n) is 9.08. The number of nitrogens with one attached hydrogen (secondary N) is 1. The second-order valence-electron chi connectivity index (χ2n) is 6.46. The lowest BCUT2D eigenvalue weighted by atomic mass is 10.0. The molecule has 1 amide bonds. The maximum atomic E-state index is 12.0. The lowest BCUT2D eigenvalue weighted by Gasteiger charge is -2.20. The van der Waals surface area contributed by atoms with E-state index in [1.807, 2.05) is 30.0 Å². The molecule has 1 heterocycles. The van der Waals surface area contributed by atoms with E-state index in [2.05, 4.69) is 5.32 Å². The number of thioether (sulfide) groups is 1. The molecule has 0 aromatic heterocycles. The Labute approximate surface area is 148 Å². The molecule has 0 bridgehead atoms. The number of benzene rings is 1. The number of amides is 1. The van der Waals surface area contributed by atoms with E-state index in [0.29, 0.717) is 19.6 Å². The second kappa shape index (κ2) is 9.21. The summed E-state index contributed by atoms with van der Waals surface area (Å²) in [5.41, 5.74) is 1.12. The summed E-state index contributed by atoms with van der Waals surface area (Å²) in [6.45, 7) is 1.98. The molecule has 2 aliphatic rings. The van der Waals surface area contributed by atoms with Gasteiger partial charge in [0, 0.05) is 24.0 Å². The molecule has 0 radical (unpaired) electrons. The molecule has 1 aliphatic carbocycles. The number of carbonyl (C=O) groups is 1. The molecule has 0 spiro atoms. The Kier molecular flexibility index (Phi) is 6.70. The molecule has 0 unspecified atom stereocenters. The molecule has 24 heavy (non-hydrogen) atoms. The highest BCUT2D eigenvalue weighted by atomic mass is 32.2. The van der Waals surface area contributed by atoms with Gasteiger partial charge in [-0.15, -0.1) is 0 Å². The van der Waals surface area contributed by atoms with Crippen LogP contribution < -0.4 is 14.8 Å². The Balaban J connectivity index is 1.32. The van der Waals surface area contributed by atoms with Gasteiger partial charge in [0.05, 0.1) is 0 Å². The number of hydrogen-bond acceptors (Lipinski definition) is 4. The Morgan fingerprint density at radius 1 is 1.12 bits per heavy atom. The van der Waals surface area contributed by atoms with Gasteiger partial charge in [-0.3, -0.25) is 4.79 Å². The zero-order chi connectivity index (χ0) is 16.6. The molecular weight excluding hydrogens is 322 g/mol. The normalized spacial score (nSPS) is 17.5. The van der Waals surface area contributed by atoms with Gasteiger partial charge >= 0.3 is 0 Å². The van der Waals surface area contributed by atoms with Gasteiger partial charge < -0.3 is 14.8 Å². The first-order chi connectivity index (χ1) is 11.8. The fraction of sp³-hybridized carbons (Fsp3) is 0.632.